The van der Waals surface area contributed by atoms with Gasteiger partial charge in [-0.25, -0.2) is 0 Å². The Balaban J connectivity index is 1.28. The van der Waals surface area contributed by atoms with Crippen molar-refractivity contribution in [3.05, 3.63) is 65.6 Å². The number of nitrogens with zero attached hydrogens (tertiary/aromatic N) is 6. The number of rotatable bonds is 8. The number of anilines is 3. The second-order valence-corrected chi connectivity index (χ2v) is 11.4. The van der Waals surface area contributed by atoms with Crippen molar-refractivity contribution in [3.8, 4) is 0 Å². The number of aromatic nitrogens is 3. The van der Waals surface area contributed by atoms with Crippen molar-refractivity contribution in [1.29, 1.82) is 0 Å². The van der Waals surface area contributed by atoms with E-state index in [0.29, 0.717) is 17.1 Å². The highest BCUT2D eigenvalue weighted by Gasteiger charge is 2.23. The maximum atomic E-state index is 13.0. The number of carbonyl (C=O) groups is 1. The van der Waals surface area contributed by atoms with Gasteiger partial charge in [0.2, 0.25) is 0 Å². The lowest BCUT2D eigenvalue weighted by molar-refractivity contribution is 0.102. The van der Waals surface area contributed by atoms with Crippen molar-refractivity contribution in [2.45, 2.75) is 39.5 Å². The molecule has 0 unspecified atom stereocenters. The van der Waals surface area contributed by atoms with Gasteiger partial charge in [-0.1, -0.05) is 25.9 Å². The molecule has 0 saturated carbocycles. The van der Waals surface area contributed by atoms with Crippen molar-refractivity contribution in [1.82, 2.24) is 31.0 Å². The predicted octanol–water partition coefficient (Wildman–Crippen LogP) is 3.31. The molecule has 1 fully saturated rings. The molecule has 0 aromatic carbocycles. The van der Waals surface area contributed by atoms with E-state index < -0.39 is 0 Å². The molecule has 218 valence electrons. The van der Waals surface area contributed by atoms with Crippen molar-refractivity contribution < 1.29 is 14.1 Å². The molecule has 0 aliphatic carbocycles. The topological polar surface area (TPSA) is 124 Å². The van der Waals surface area contributed by atoms with E-state index in [-0.39, 0.29) is 11.3 Å². The summed E-state index contributed by atoms with van der Waals surface area (Å²) < 4.78 is 10.6. The summed E-state index contributed by atoms with van der Waals surface area (Å²) in [6, 6.07) is 5.69. The monoisotopic (exact) mass is 561 g/mol. The summed E-state index contributed by atoms with van der Waals surface area (Å²) >= 11 is 0. The van der Waals surface area contributed by atoms with E-state index in [1.807, 2.05) is 51.3 Å². The summed E-state index contributed by atoms with van der Waals surface area (Å²) in [4.78, 5) is 26.8. The zero-order valence-electron chi connectivity index (χ0n) is 24.4. The lowest BCUT2D eigenvalue weighted by Gasteiger charge is -2.23. The number of nitrogens with one attached hydrogen (secondary N) is 3. The molecule has 2 aliphatic rings. The highest BCUT2D eigenvalue weighted by Crippen LogP contribution is 2.27. The van der Waals surface area contributed by atoms with Gasteiger partial charge in [-0.05, 0) is 32.0 Å². The summed E-state index contributed by atoms with van der Waals surface area (Å²) in [6.45, 7) is 13.7. The van der Waals surface area contributed by atoms with Gasteiger partial charge >= 0.3 is 0 Å². The Hall–Kier alpha value is -4.00. The molecule has 5 rings (SSSR count). The van der Waals surface area contributed by atoms with Crippen LogP contribution in [0, 0.1) is 6.92 Å². The minimum Gasteiger partial charge on any atom is -0.383 e. The minimum atomic E-state index is -0.320. The van der Waals surface area contributed by atoms with Crippen LogP contribution in [0.3, 0.4) is 0 Å². The third kappa shape index (κ3) is 6.84. The highest BCUT2D eigenvalue weighted by molar-refractivity contribution is 6.04. The predicted molar refractivity (Wildman–Crippen MR) is 158 cm³/mol. The summed E-state index contributed by atoms with van der Waals surface area (Å²) in [7, 11) is 1.75. The number of amides is 1. The summed E-state index contributed by atoms with van der Waals surface area (Å²) in [5.41, 5.74) is 11.0. The third-order valence-electron chi connectivity index (χ3n) is 7.24. The number of methoxy groups -OCH3 is 1. The summed E-state index contributed by atoms with van der Waals surface area (Å²) in [5.74, 6) is 0.739. The third-order valence-corrected chi connectivity index (χ3v) is 7.24. The van der Waals surface area contributed by atoms with E-state index in [1.165, 1.54) is 0 Å². The van der Waals surface area contributed by atoms with E-state index in [0.717, 1.165) is 74.1 Å². The average Bonchev–Trinajstić information content (AvgIpc) is 3.58. The minimum absolute atomic E-state index is 0.208. The van der Waals surface area contributed by atoms with Crippen LogP contribution in [0.1, 0.15) is 54.6 Å². The van der Waals surface area contributed by atoms with Crippen molar-refractivity contribution in [3.63, 3.8) is 0 Å². The fourth-order valence-corrected chi connectivity index (χ4v) is 4.78. The Morgan fingerprint density at radius 3 is 2.76 bits per heavy atom. The first kappa shape index (κ1) is 28.5. The van der Waals surface area contributed by atoms with E-state index in [4.69, 9.17) is 9.26 Å². The first-order valence-electron chi connectivity index (χ1n) is 13.9. The molecule has 0 radical (unpaired) electrons. The van der Waals surface area contributed by atoms with Crippen LogP contribution in [0.25, 0.3) is 5.70 Å². The summed E-state index contributed by atoms with van der Waals surface area (Å²) in [5, 5.41) is 8.60. The lowest BCUT2D eigenvalue weighted by Crippen LogP contribution is -2.37. The van der Waals surface area contributed by atoms with Crippen molar-refractivity contribution >= 4 is 28.8 Å². The first-order valence-corrected chi connectivity index (χ1v) is 13.9. The highest BCUT2D eigenvalue weighted by atomic mass is 16.5. The van der Waals surface area contributed by atoms with Gasteiger partial charge in [0.1, 0.15) is 5.76 Å². The second-order valence-electron chi connectivity index (χ2n) is 11.4. The van der Waals surface area contributed by atoms with Gasteiger partial charge in [0, 0.05) is 68.9 Å². The number of pyridine rings is 2. The second kappa shape index (κ2) is 12.2. The molecule has 0 atom stereocenters. The van der Waals surface area contributed by atoms with E-state index in [9.17, 15) is 4.79 Å². The molecule has 3 N–H and O–H groups in total. The molecule has 1 amide bonds. The molecule has 0 bridgehead atoms. The Bertz CT molecular complexity index is 1400. The molecule has 5 heterocycles. The number of aryl methyl sites for hydroxylation is 1. The van der Waals surface area contributed by atoms with Gasteiger partial charge in [0.05, 0.1) is 41.1 Å². The van der Waals surface area contributed by atoms with Gasteiger partial charge in [0.25, 0.3) is 5.91 Å². The van der Waals surface area contributed by atoms with Crippen molar-refractivity contribution in [2.24, 2.45) is 0 Å². The number of hydrogen-bond donors (Lipinski definition) is 3. The maximum absolute atomic E-state index is 13.0. The molecule has 3 aromatic heterocycles. The lowest BCUT2D eigenvalue weighted by atomic mass is 9.93. The molecule has 12 nitrogen and oxygen atoms in total. The number of carbonyl (C=O) groups excluding carboxylic acids is 1. The van der Waals surface area contributed by atoms with Gasteiger partial charge in [-0.15, -0.1) is 5.53 Å². The molecule has 12 heteroatoms. The Morgan fingerprint density at radius 2 is 1.98 bits per heavy atom. The smallest absolute Gasteiger partial charge is 0.258 e. The quantitative estimate of drug-likeness (QED) is 0.375. The van der Waals surface area contributed by atoms with Crippen molar-refractivity contribution in [2.75, 3.05) is 61.7 Å². The fourth-order valence-electron chi connectivity index (χ4n) is 4.78. The van der Waals surface area contributed by atoms with Crippen LogP contribution < -0.4 is 26.2 Å². The number of hydrazine groups is 2. The Labute approximate surface area is 240 Å². The van der Waals surface area contributed by atoms with E-state index in [2.05, 4.69) is 47.3 Å². The molecule has 3 aromatic rings. The molecule has 0 spiro atoms. The van der Waals surface area contributed by atoms with Crippen LogP contribution in [0.5, 0.6) is 0 Å². The SMILES string of the molecule is COCCN1CCCN(c2cncc(C3=CN(c4cc(C(=O)Nc5cc(C(C)(C)C)on5)cnc4C)NN3)c2)CC1. The van der Waals surface area contributed by atoms with Gasteiger partial charge in [-0.2, -0.15) is 0 Å². The maximum Gasteiger partial charge on any atom is 0.258 e. The standard InChI is InChI=1S/C29H39N9O3/c1-20-25(14-22(17-31-20)28(39)32-27-15-26(41-34-27)29(2,3)4)38-19-24(33-35-38)21-13-23(18-30-16-21)37-8-6-7-36(9-10-37)11-12-40-5/h13-19,33,35H,6-12H2,1-5H3,(H,32,34,39). The first-order chi connectivity index (χ1) is 19.7. The molecular formula is C29H39N9O3. The number of ether oxygens (including phenoxy) is 1. The Kier molecular flexibility index (Phi) is 8.52. The molecule has 1 saturated heterocycles. The largest absolute Gasteiger partial charge is 0.383 e. The van der Waals surface area contributed by atoms with E-state index in [1.54, 1.807) is 25.4 Å². The van der Waals surface area contributed by atoms with Crippen LogP contribution in [0.2, 0.25) is 0 Å². The zero-order chi connectivity index (χ0) is 29.0. The van der Waals surface area contributed by atoms with Crippen LogP contribution in [0.4, 0.5) is 17.2 Å². The summed E-state index contributed by atoms with van der Waals surface area (Å²) in [6.07, 6.45) is 8.35. The van der Waals surface area contributed by atoms with Crippen LogP contribution in [-0.2, 0) is 10.2 Å². The molecule has 41 heavy (non-hydrogen) atoms. The van der Waals surface area contributed by atoms with Gasteiger partial charge in [0.15, 0.2) is 5.82 Å². The van der Waals surface area contributed by atoms with Gasteiger partial charge in [-0.3, -0.25) is 24.7 Å². The zero-order valence-corrected chi connectivity index (χ0v) is 24.4. The van der Waals surface area contributed by atoms with Crippen LogP contribution >= 0.6 is 0 Å². The average molecular weight is 562 g/mol. The van der Waals surface area contributed by atoms with Crippen LogP contribution in [-0.4, -0.2) is 72.4 Å². The Morgan fingerprint density at radius 1 is 1.12 bits per heavy atom. The van der Waals surface area contributed by atoms with E-state index >= 15 is 0 Å². The van der Waals surface area contributed by atoms with Crippen LogP contribution in [0.15, 0.2) is 47.5 Å². The van der Waals surface area contributed by atoms with Gasteiger partial charge < -0.3 is 24.9 Å². The normalized spacial score (nSPS) is 16.4. The number of hydrogen-bond acceptors (Lipinski definition) is 11. The fraction of sp³-hybridized carbons (Fsp3) is 0.448. The molecule has 2 aliphatic heterocycles. The molecular weight excluding hydrogens is 522 g/mol.